The van der Waals surface area contributed by atoms with Gasteiger partial charge in [-0.2, -0.15) is 0 Å². The molecule has 0 saturated carbocycles. The zero-order valence-corrected chi connectivity index (χ0v) is 18.9. The highest BCUT2D eigenvalue weighted by Crippen LogP contribution is 2.43. The molecule has 0 atom stereocenters. The van der Waals surface area contributed by atoms with E-state index in [-0.39, 0.29) is 0 Å². The van der Waals surface area contributed by atoms with Crippen LogP contribution in [0.15, 0.2) is 42.9 Å². The van der Waals surface area contributed by atoms with Crippen molar-refractivity contribution in [3.63, 3.8) is 0 Å². The minimum atomic E-state index is -0.489. The molecule has 5 aromatic rings. The van der Waals surface area contributed by atoms with E-state index in [4.69, 9.17) is 51.1 Å². The fourth-order valence-electron chi connectivity index (χ4n) is 3.84. The Labute approximate surface area is 196 Å². The highest BCUT2D eigenvalue weighted by molar-refractivity contribution is 6.43. The van der Waals surface area contributed by atoms with E-state index >= 15 is 0 Å². The Morgan fingerprint density at radius 2 is 1.19 bits per heavy atom. The number of esters is 1. The highest BCUT2D eigenvalue weighted by atomic mass is 35.5. The summed E-state index contributed by atoms with van der Waals surface area (Å²) in [5, 5.41) is 3.44. The predicted octanol–water partition coefficient (Wildman–Crippen LogP) is 7.71. The maximum atomic E-state index is 12.6. The number of halogens is 4. The first kappa shape index (κ1) is 20.3. The molecule has 0 aliphatic carbocycles. The summed E-state index contributed by atoms with van der Waals surface area (Å²) in [6.45, 7) is 0. The zero-order valence-electron chi connectivity index (χ0n) is 15.9. The second kappa shape index (κ2) is 7.53. The lowest BCUT2D eigenvalue weighted by atomic mass is 9.96. The monoisotopic (exact) mass is 491 g/mol. The molecule has 0 spiro atoms. The number of aromatic nitrogens is 3. The molecule has 0 bridgehead atoms. The first-order valence-corrected chi connectivity index (χ1v) is 10.6. The van der Waals surface area contributed by atoms with Gasteiger partial charge in [-0.3, -0.25) is 0 Å². The first-order valence-electron chi connectivity index (χ1n) is 9.11. The molecular formula is C22H13Cl4N3O2. The summed E-state index contributed by atoms with van der Waals surface area (Å²) in [5.74, 6) is -0.489. The molecule has 0 aliphatic heterocycles. The maximum absolute atomic E-state index is 12.6. The Bertz CT molecular complexity index is 1500. The number of hydrogen-bond acceptors (Lipinski definition) is 2. The number of hydrogen-bond donors (Lipinski definition) is 3. The van der Waals surface area contributed by atoms with Crippen molar-refractivity contribution in [2.75, 3.05) is 7.11 Å². The van der Waals surface area contributed by atoms with Gasteiger partial charge in [0.2, 0.25) is 0 Å². The van der Waals surface area contributed by atoms with Crippen LogP contribution in [-0.4, -0.2) is 28.0 Å². The van der Waals surface area contributed by atoms with Gasteiger partial charge in [-0.15, -0.1) is 0 Å². The van der Waals surface area contributed by atoms with Crippen LogP contribution in [0.5, 0.6) is 0 Å². The second-order valence-electron chi connectivity index (χ2n) is 6.97. The van der Waals surface area contributed by atoms with E-state index in [1.54, 1.807) is 30.5 Å². The molecule has 0 saturated heterocycles. The van der Waals surface area contributed by atoms with Crippen LogP contribution >= 0.6 is 46.4 Å². The van der Waals surface area contributed by atoms with E-state index in [9.17, 15) is 4.79 Å². The van der Waals surface area contributed by atoms with Gasteiger partial charge in [0.1, 0.15) is 5.69 Å². The maximum Gasteiger partial charge on any atom is 0.355 e. The fourth-order valence-corrected chi connectivity index (χ4v) is 4.50. The predicted molar refractivity (Wildman–Crippen MR) is 127 cm³/mol. The summed E-state index contributed by atoms with van der Waals surface area (Å²) in [6.07, 6.45) is 5.43. The van der Waals surface area contributed by atoms with Crippen LogP contribution in [0.1, 0.15) is 10.5 Å². The van der Waals surface area contributed by atoms with E-state index in [0.717, 1.165) is 38.5 Å². The Morgan fingerprint density at radius 1 is 0.710 bits per heavy atom. The van der Waals surface area contributed by atoms with Crippen LogP contribution in [0.4, 0.5) is 0 Å². The highest BCUT2D eigenvalue weighted by Gasteiger charge is 2.25. The van der Waals surface area contributed by atoms with E-state index in [2.05, 4.69) is 15.0 Å². The summed E-state index contributed by atoms with van der Waals surface area (Å²) in [5.41, 5.74) is 5.02. The van der Waals surface area contributed by atoms with Crippen molar-refractivity contribution < 1.29 is 9.53 Å². The van der Waals surface area contributed by atoms with Crippen LogP contribution in [-0.2, 0) is 4.74 Å². The number of carbonyl (C=O) groups excluding carboxylic acids is 1. The fraction of sp³-hybridized carbons (Fsp3) is 0.0455. The Hall–Kier alpha value is -2.57. The lowest BCUT2D eigenvalue weighted by Gasteiger charge is -2.07. The van der Waals surface area contributed by atoms with E-state index < -0.39 is 5.97 Å². The third kappa shape index (κ3) is 3.20. The molecule has 2 aromatic carbocycles. The average molecular weight is 493 g/mol. The van der Waals surface area contributed by atoms with Crippen molar-refractivity contribution in [1.29, 1.82) is 0 Å². The third-order valence-corrected chi connectivity index (χ3v) is 6.72. The number of nitrogens with one attached hydrogen (secondary N) is 3. The van der Waals surface area contributed by atoms with Crippen molar-refractivity contribution in [2.24, 2.45) is 0 Å². The summed E-state index contributed by atoms with van der Waals surface area (Å²) < 4.78 is 5.01. The number of benzene rings is 2. The molecule has 0 unspecified atom stereocenters. The van der Waals surface area contributed by atoms with Gasteiger partial charge in [-0.25, -0.2) is 4.79 Å². The number of carbonyl (C=O) groups is 1. The van der Waals surface area contributed by atoms with Crippen LogP contribution in [0.3, 0.4) is 0 Å². The molecular weight excluding hydrogens is 480 g/mol. The van der Waals surface area contributed by atoms with Gasteiger partial charge in [0.05, 0.1) is 27.2 Å². The first-order chi connectivity index (χ1) is 14.9. The van der Waals surface area contributed by atoms with Crippen molar-refractivity contribution in [3.05, 3.63) is 68.6 Å². The lowest BCUT2D eigenvalue weighted by Crippen LogP contribution is -2.03. The topological polar surface area (TPSA) is 73.7 Å². The van der Waals surface area contributed by atoms with Gasteiger partial charge < -0.3 is 19.7 Å². The van der Waals surface area contributed by atoms with Gasteiger partial charge in [0.25, 0.3) is 0 Å². The standard InChI is InChI=1S/C22H13Cl4N3O2/c1-31-22(30)21-20(12-7-28-19-5-17(26)15(24)3-10(12)19)13(8-29-21)11-6-27-18-4-16(25)14(23)2-9(11)18/h2-8,27-29H,1H3. The van der Waals surface area contributed by atoms with Crippen LogP contribution in [0, 0.1) is 0 Å². The zero-order chi connectivity index (χ0) is 21.9. The number of fused-ring (bicyclic) bond motifs is 2. The largest absolute Gasteiger partial charge is 0.464 e. The molecule has 156 valence electrons. The van der Waals surface area contributed by atoms with Gasteiger partial charge >= 0.3 is 5.97 Å². The molecule has 9 heteroatoms. The second-order valence-corrected chi connectivity index (χ2v) is 8.60. The van der Waals surface area contributed by atoms with Crippen molar-refractivity contribution in [3.8, 4) is 22.3 Å². The van der Waals surface area contributed by atoms with Crippen molar-refractivity contribution in [2.45, 2.75) is 0 Å². The molecule has 31 heavy (non-hydrogen) atoms. The molecule has 3 N–H and O–H groups in total. The molecule has 3 aromatic heterocycles. The van der Waals surface area contributed by atoms with Gasteiger partial charge in [-0.05, 0) is 24.3 Å². The van der Waals surface area contributed by atoms with E-state index in [0.29, 0.717) is 31.3 Å². The molecule has 0 aliphatic rings. The molecule has 5 nitrogen and oxygen atoms in total. The normalized spacial score (nSPS) is 11.5. The van der Waals surface area contributed by atoms with Crippen LogP contribution < -0.4 is 0 Å². The smallest absolute Gasteiger partial charge is 0.355 e. The summed E-state index contributed by atoms with van der Waals surface area (Å²) in [7, 11) is 1.34. The van der Waals surface area contributed by atoms with Crippen LogP contribution in [0.25, 0.3) is 44.1 Å². The number of rotatable bonds is 3. The molecule has 0 radical (unpaired) electrons. The number of H-pyrrole nitrogens is 3. The SMILES string of the molecule is COC(=O)c1[nH]cc(-c2c[nH]c3cc(Cl)c(Cl)cc23)c1-c1c[nH]c2cc(Cl)c(Cl)cc12. The summed E-state index contributed by atoms with van der Waals surface area (Å²) in [6, 6.07) is 7.09. The van der Waals surface area contributed by atoms with Gasteiger partial charge in [-0.1, -0.05) is 46.4 Å². The van der Waals surface area contributed by atoms with Gasteiger partial charge in [0, 0.05) is 62.7 Å². The Balaban J connectivity index is 1.83. The minimum Gasteiger partial charge on any atom is -0.464 e. The lowest BCUT2D eigenvalue weighted by molar-refractivity contribution is 0.0596. The molecule has 0 fully saturated rings. The molecule has 5 rings (SSSR count). The summed E-state index contributed by atoms with van der Waals surface area (Å²) >= 11 is 24.9. The van der Waals surface area contributed by atoms with Crippen molar-refractivity contribution >= 4 is 74.2 Å². The minimum absolute atomic E-state index is 0.318. The van der Waals surface area contributed by atoms with E-state index in [1.807, 2.05) is 12.4 Å². The Kier molecular flexibility index (Phi) is 4.94. The quantitative estimate of drug-likeness (QED) is 0.225. The molecule has 0 amide bonds. The summed E-state index contributed by atoms with van der Waals surface area (Å²) in [4.78, 5) is 22.1. The van der Waals surface area contributed by atoms with Crippen LogP contribution in [0.2, 0.25) is 20.1 Å². The van der Waals surface area contributed by atoms with Gasteiger partial charge in [0.15, 0.2) is 0 Å². The third-order valence-electron chi connectivity index (χ3n) is 5.27. The Morgan fingerprint density at radius 3 is 1.77 bits per heavy atom. The van der Waals surface area contributed by atoms with E-state index in [1.165, 1.54) is 7.11 Å². The number of aromatic amines is 3. The molecule has 3 heterocycles. The number of methoxy groups -OCH3 is 1. The average Bonchev–Trinajstić information content (AvgIpc) is 3.45. The van der Waals surface area contributed by atoms with Crippen molar-refractivity contribution in [1.82, 2.24) is 15.0 Å². The number of ether oxygens (including phenoxy) is 1.